The third-order valence-corrected chi connectivity index (χ3v) is 8.75. The van der Waals surface area contributed by atoms with Crippen LogP contribution < -0.4 is 0 Å². The smallest absolute Gasteiger partial charge is 0.187 e. The van der Waals surface area contributed by atoms with Gasteiger partial charge in [-0.25, -0.2) is 14.8 Å². The summed E-state index contributed by atoms with van der Waals surface area (Å²) in [6, 6.07) is 60.6. The average molecular weight is 612 g/mol. The molecule has 7 aromatic carbocycles. The lowest BCUT2D eigenvalue weighted by Gasteiger charge is -2.13. The van der Waals surface area contributed by atoms with Crippen molar-refractivity contribution >= 4 is 16.5 Å². The molecule has 224 valence electrons. The summed E-state index contributed by atoms with van der Waals surface area (Å²) in [5.74, 6) is 0.711. The van der Waals surface area contributed by atoms with Crippen LogP contribution in [0.4, 0.5) is 5.69 Å². The fraction of sp³-hybridized carbons (Fsp3) is 0. The van der Waals surface area contributed by atoms with Gasteiger partial charge in [-0.15, -0.1) is 0 Å². The molecule has 3 nitrogen and oxygen atoms in total. The zero-order valence-electron chi connectivity index (χ0n) is 26.1. The van der Waals surface area contributed by atoms with Crippen LogP contribution in [0, 0.1) is 6.57 Å². The highest BCUT2D eigenvalue weighted by Gasteiger charge is 2.13. The van der Waals surface area contributed by atoms with Crippen LogP contribution in [0.3, 0.4) is 0 Å². The van der Waals surface area contributed by atoms with Crippen LogP contribution in [0.5, 0.6) is 0 Å². The van der Waals surface area contributed by atoms with Gasteiger partial charge in [-0.3, -0.25) is 0 Å². The maximum absolute atomic E-state index is 7.35. The Labute approximate surface area is 280 Å². The van der Waals surface area contributed by atoms with Crippen molar-refractivity contribution in [1.82, 2.24) is 9.97 Å². The summed E-state index contributed by atoms with van der Waals surface area (Å²) in [7, 11) is 0. The first-order valence-corrected chi connectivity index (χ1v) is 15.9. The van der Waals surface area contributed by atoms with Gasteiger partial charge in [-0.1, -0.05) is 164 Å². The van der Waals surface area contributed by atoms with Crippen LogP contribution in [0.15, 0.2) is 176 Å². The summed E-state index contributed by atoms with van der Waals surface area (Å²) < 4.78 is 0. The molecule has 8 aromatic rings. The highest BCUT2D eigenvalue weighted by atomic mass is 14.9. The maximum Gasteiger partial charge on any atom is 0.187 e. The van der Waals surface area contributed by atoms with E-state index < -0.39 is 0 Å². The summed E-state index contributed by atoms with van der Waals surface area (Å²) in [6.07, 6.45) is 0. The van der Waals surface area contributed by atoms with Crippen molar-refractivity contribution in [2.45, 2.75) is 0 Å². The molecule has 0 spiro atoms. The maximum atomic E-state index is 7.35. The SMILES string of the molecule is [C-]#[N+]c1cccc(-c2ccc(-c3ccc(-c4ccc(-c5cc(-c6ccccc6)nc(-c6ccccc6)n5)cc4)c4ccccc34)cc2)c1. The minimum absolute atomic E-state index is 0.650. The first kappa shape index (κ1) is 28.8. The van der Waals surface area contributed by atoms with Crippen LogP contribution in [0.25, 0.3) is 82.9 Å². The number of nitrogens with zero attached hydrogens (tertiary/aromatic N) is 3. The molecule has 0 amide bonds. The molecule has 0 unspecified atom stereocenters. The average Bonchev–Trinajstić information content (AvgIpc) is 3.18. The lowest BCUT2D eigenvalue weighted by Crippen LogP contribution is -1.95. The van der Waals surface area contributed by atoms with Gasteiger partial charge >= 0.3 is 0 Å². The minimum Gasteiger partial charge on any atom is -0.238 e. The molecular weight excluding hydrogens is 583 g/mol. The van der Waals surface area contributed by atoms with Crippen molar-refractivity contribution in [2.75, 3.05) is 0 Å². The first-order chi connectivity index (χ1) is 23.7. The van der Waals surface area contributed by atoms with E-state index in [-0.39, 0.29) is 0 Å². The molecular formula is C45H29N3. The van der Waals surface area contributed by atoms with E-state index in [1.54, 1.807) is 0 Å². The molecule has 0 aliphatic heterocycles. The van der Waals surface area contributed by atoms with E-state index in [4.69, 9.17) is 16.5 Å². The molecule has 0 atom stereocenters. The molecule has 1 heterocycles. The third-order valence-electron chi connectivity index (χ3n) is 8.75. The van der Waals surface area contributed by atoms with Crippen molar-refractivity contribution < 1.29 is 0 Å². The van der Waals surface area contributed by atoms with Gasteiger partial charge in [0.15, 0.2) is 11.5 Å². The van der Waals surface area contributed by atoms with Crippen LogP contribution in [0.1, 0.15) is 0 Å². The second-order valence-electron chi connectivity index (χ2n) is 11.7. The molecule has 0 bridgehead atoms. The highest BCUT2D eigenvalue weighted by molar-refractivity contribution is 6.05. The Hall–Kier alpha value is -6.63. The quantitative estimate of drug-likeness (QED) is 0.175. The van der Waals surface area contributed by atoms with Crippen LogP contribution in [-0.4, -0.2) is 9.97 Å². The Bertz CT molecular complexity index is 2370. The fourth-order valence-electron chi connectivity index (χ4n) is 6.29. The van der Waals surface area contributed by atoms with Crippen molar-refractivity contribution in [3.8, 4) is 67.3 Å². The predicted molar refractivity (Wildman–Crippen MR) is 198 cm³/mol. The topological polar surface area (TPSA) is 30.1 Å². The van der Waals surface area contributed by atoms with E-state index in [9.17, 15) is 0 Å². The van der Waals surface area contributed by atoms with E-state index in [2.05, 4.69) is 120 Å². The summed E-state index contributed by atoms with van der Waals surface area (Å²) in [5.41, 5.74) is 12.4. The molecule has 0 aliphatic rings. The van der Waals surface area contributed by atoms with Gasteiger partial charge in [0.1, 0.15) is 0 Å². The number of aromatic nitrogens is 2. The van der Waals surface area contributed by atoms with Crippen LogP contribution in [0.2, 0.25) is 0 Å². The standard InChI is InChI=1S/C45H29N3/c1-46-38-16-10-15-37(29-38)31-19-21-32(22-20-31)39-27-28-40(42-18-9-8-17-41(39)42)33-23-25-35(26-24-33)44-30-43(34-11-4-2-5-12-34)47-45(48-44)36-13-6-3-7-14-36/h2-30H. The largest absolute Gasteiger partial charge is 0.238 e. The molecule has 0 saturated heterocycles. The van der Waals surface area contributed by atoms with Crippen molar-refractivity contribution in [1.29, 1.82) is 0 Å². The Morgan fingerprint density at radius 2 is 0.812 bits per heavy atom. The Morgan fingerprint density at radius 3 is 1.38 bits per heavy atom. The van der Waals surface area contributed by atoms with E-state index in [1.807, 2.05) is 60.7 Å². The lowest BCUT2D eigenvalue weighted by atomic mass is 9.91. The second-order valence-corrected chi connectivity index (χ2v) is 11.7. The highest BCUT2D eigenvalue weighted by Crippen LogP contribution is 2.37. The number of hydrogen-bond donors (Lipinski definition) is 0. The number of rotatable bonds is 6. The van der Waals surface area contributed by atoms with Crippen LogP contribution >= 0.6 is 0 Å². The molecule has 0 fully saturated rings. The monoisotopic (exact) mass is 611 g/mol. The van der Waals surface area contributed by atoms with Gasteiger partial charge in [-0.05, 0) is 56.3 Å². The zero-order valence-corrected chi connectivity index (χ0v) is 26.1. The van der Waals surface area contributed by atoms with E-state index >= 15 is 0 Å². The van der Waals surface area contributed by atoms with E-state index in [0.717, 1.165) is 50.3 Å². The molecule has 1 aromatic heterocycles. The van der Waals surface area contributed by atoms with Crippen LogP contribution in [-0.2, 0) is 0 Å². The molecule has 0 aliphatic carbocycles. The summed E-state index contributed by atoms with van der Waals surface area (Å²) in [6.45, 7) is 7.35. The van der Waals surface area contributed by atoms with Crippen molar-refractivity contribution in [2.24, 2.45) is 0 Å². The normalized spacial score (nSPS) is 10.9. The minimum atomic E-state index is 0.650. The van der Waals surface area contributed by atoms with Gasteiger partial charge in [0.25, 0.3) is 0 Å². The lowest BCUT2D eigenvalue weighted by molar-refractivity contribution is 1.18. The van der Waals surface area contributed by atoms with Crippen molar-refractivity contribution in [3.05, 3.63) is 187 Å². The number of hydrogen-bond acceptors (Lipinski definition) is 2. The molecule has 0 saturated carbocycles. The summed E-state index contributed by atoms with van der Waals surface area (Å²) >= 11 is 0. The molecule has 0 N–H and O–H groups in total. The second kappa shape index (κ2) is 12.6. The summed E-state index contributed by atoms with van der Waals surface area (Å²) in [4.78, 5) is 13.5. The number of benzene rings is 7. The molecule has 48 heavy (non-hydrogen) atoms. The van der Waals surface area contributed by atoms with Gasteiger partial charge < -0.3 is 0 Å². The molecule has 8 rings (SSSR count). The first-order valence-electron chi connectivity index (χ1n) is 15.9. The van der Waals surface area contributed by atoms with Crippen molar-refractivity contribution in [3.63, 3.8) is 0 Å². The Morgan fingerprint density at radius 1 is 0.354 bits per heavy atom. The third kappa shape index (κ3) is 5.64. The Kier molecular flexibility index (Phi) is 7.59. The summed E-state index contributed by atoms with van der Waals surface area (Å²) in [5, 5.41) is 2.41. The molecule has 3 heteroatoms. The van der Waals surface area contributed by atoms with Gasteiger partial charge in [0.05, 0.1) is 18.0 Å². The predicted octanol–water partition coefficient (Wildman–Crippen LogP) is 12.2. The zero-order chi connectivity index (χ0) is 32.3. The number of fused-ring (bicyclic) bond motifs is 1. The van der Waals surface area contributed by atoms with Gasteiger partial charge in [0, 0.05) is 16.7 Å². The fourth-order valence-corrected chi connectivity index (χ4v) is 6.29. The van der Waals surface area contributed by atoms with E-state index in [1.165, 1.54) is 21.9 Å². The van der Waals surface area contributed by atoms with E-state index in [0.29, 0.717) is 11.5 Å². The van der Waals surface area contributed by atoms with Gasteiger partial charge in [0.2, 0.25) is 0 Å². The van der Waals surface area contributed by atoms with Gasteiger partial charge in [-0.2, -0.15) is 0 Å². The Balaban J connectivity index is 1.15. The molecule has 0 radical (unpaired) electrons.